The summed E-state index contributed by atoms with van der Waals surface area (Å²) >= 11 is 0. The minimum Gasteiger partial charge on any atom is -0.504 e. The van der Waals surface area contributed by atoms with E-state index in [1.165, 1.54) is 19.4 Å². The van der Waals surface area contributed by atoms with Crippen LogP contribution in [0.15, 0.2) is 23.4 Å². The van der Waals surface area contributed by atoms with Gasteiger partial charge in [0, 0.05) is 0 Å². The van der Waals surface area contributed by atoms with E-state index in [1.807, 2.05) is 0 Å². The first-order chi connectivity index (χ1) is 5.77. The number of ether oxygens (including phenoxy) is 1. The Morgan fingerprint density at radius 3 is 2.75 bits per heavy atom. The number of methoxy groups -OCH3 is 1. The number of rotatable bonds is 2. The summed E-state index contributed by atoms with van der Waals surface area (Å²) in [5, 5.41) is 20.3. The SMILES string of the molecule is COc1ccc(/C=N\O)cc1O. The number of hydrogen-bond acceptors (Lipinski definition) is 4. The summed E-state index contributed by atoms with van der Waals surface area (Å²) in [6.45, 7) is 0. The van der Waals surface area contributed by atoms with E-state index in [-0.39, 0.29) is 5.75 Å². The van der Waals surface area contributed by atoms with Crippen molar-refractivity contribution in [3.63, 3.8) is 0 Å². The maximum absolute atomic E-state index is 9.25. The van der Waals surface area contributed by atoms with Gasteiger partial charge >= 0.3 is 0 Å². The first kappa shape index (κ1) is 8.39. The molecule has 0 bridgehead atoms. The summed E-state index contributed by atoms with van der Waals surface area (Å²) in [5.74, 6) is 0.417. The van der Waals surface area contributed by atoms with Crippen LogP contribution in [0.2, 0.25) is 0 Å². The third kappa shape index (κ3) is 1.66. The van der Waals surface area contributed by atoms with E-state index in [0.29, 0.717) is 11.3 Å². The molecule has 4 nitrogen and oxygen atoms in total. The Balaban J connectivity index is 3.01. The molecule has 0 radical (unpaired) electrons. The van der Waals surface area contributed by atoms with Gasteiger partial charge in [0.15, 0.2) is 11.5 Å². The van der Waals surface area contributed by atoms with Crippen LogP contribution in [0.5, 0.6) is 11.5 Å². The normalized spacial score (nSPS) is 10.4. The molecule has 0 saturated heterocycles. The van der Waals surface area contributed by atoms with Gasteiger partial charge in [0.25, 0.3) is 0 Å². The summed E-state index contributed by atoms with van der Waals surface area (Å²) < 4.78 is 4.82. The van der Waals surface area contributed by atoms with Gasteiger partial charge in [-0.3, -0.25) is 0 Å². The first-order valence-electron chi connectivity index (χ1n) is 3.32. The lowest BCUT2D eigenvalue weighted by molar-refractivity contribution is 0.322. The molecule has 0 unspecified atom stereocenters. The summed E-state index contributed by atoms with van der Waals surface area (Å²) in [6.07, 6.45) is 1.22. The van der Waals surface area contributed by atoms with Crippen molar-refractivity contribution in [3.8, 4) is 11.5 Å². The molecule has 0 heterocycles. The van der Waals surface area contributed by atoms with Crippen molar-refractivity contribution in [2.24, 2.45) is 5.16 Å². The Morgan fingerprint density at radius 2 is 2.25 bits per heavy atom. The predicted molar refractivity (Wildman–Crippen MR) is 44.0 cm³/mol. The van der Waals surface area contributed by atoms with E-state index in [0.717, 1.165) is 0 Å². The molecule has 1 rings (SSSR count). The van der Waals surface area contributed by atoms with Gasteiger partial charge in [-0.05, 0) is 23.8 Å². The third-order valence-electron chi connectivity index (χ3n) is 1.41. The van der Waals surface area contributed by atoms with Crippen molar-refractivity contribution < 1.29 is 15.1 Å². The summed E-state index contributed by atoms with van der Waals surface area (Å²) in [5.41, 5.74) is 0.607. The molecule has 64 valence electrons. The van der Waals surface area contributed by atoms with Crippen molar-refractivity contribution in [2.75, 3.05) is 7.11 Å². The lowest BCUT2D eigenvalue weighted by atomic mass is 10.2. The van der Waals surface area contributed by atoms with Crippen molar-refractivity contribution in [1.29, 1.82) is 0 Å². The largest absolute Gasteiger partial charge is 0.504 e. The highest BCUT2D eigenvalue weighted by atomic mass is 16.5. The van der Waals surface area contributed by atoms with Gasteiger partial charge in [0.2, 0.25) is 0 Å². The van der Waals surface area contributed by atoms with Crippen LogP contribution < -0.4 is 4.74 Å². The highest BCUT2D eigenvalue weighted by Gasteiger charge is 1.99. The minimum absolute atomic E-state index is 0.0231. The van der Waals surface area contributed by atoms with Crippen LogP contribution in [0.1, 0.15) is 5.56 Å². The second-order valence-corrected chi connectivity index (χ2v) is 2.18. The third-order valence-corrected chi connectivity index (χ3v) is 1.41. The second-order valence-electron chi connectivity index (χ2n) is 2.18. The van der Waals surface area contributed by atoms with Gasteiger partial charge in [0.1, 0.15) is 0 Å². The van der Waals surface area contributed by atoms with Gasteiger partial charge in [-0.25, -0.2) is 0 Å². The molecule has 0 atom stereocenters. The Hall–Kier alpha value is -1.71. The Labute approximate surface area is 69.7 Å². The minimum atomic E-state index is 0.0231. The van der Waals surface area contributed by atoms with Crippen molar-refractivity contribution in [3.05, 3.63) is 23.8 Å². The smallest absolute Gasteiger partial charge is 0.160 e. The molecule has 4 heteroatoms. The maximum atomic E-state index is 9.25. The molecular formula is C8H9NO3. The number of phenolic OH excluding ortho intramolecular Hbond substituents is 1. The van der Waals surface area contributed by atoms with Gasteiger partial charge in [-0.1, -0.05) is 5.16 Å². The highest BCUT2D eigenvalue weighted by Crippen LogP contribution is 2.25. The Morgan fingerprint density at radius 1 is 1.50 bits per heavy atom. The molecule has 0 spiro atoms. The van der Waals surface area contributed by atoms with E-state index >= 15 is 0 Å². The molecule has 2 N–H and O–H groups in total. The molecule has 0 aliphatic carbocycles. The van der Waals surface area contributed by atoms with E-state index in [1.54, 1.807) is 12.1 Å². The van der Waals surface area contributed by atoms with E-state index in [2.05, 4.69) is 5.16 Å². The van der Waals surface area contributed by atoms with E-state index < -0.39 is 0 Å². The molecule has 0 fully saturated rings. The molecular weight excluding hydrogens is 158 g/mol. The number of benzene rings is 1. The molecule has 0 aromatic heterocycles. The standard InChI is InChI=1S/C8H9NO3/c1-12-8-3-2-6(5-9-11)4-7(8)10/h2-5,10-11H,1H3/b9-5-. The zero-order valence-corrected chi connectivity index (χ0v) is 6.56. The number of oxime groups is 1. The van der Waals surface area contributed by atoms with Gasteiger partial charge in [-0.2, -0.15) is 0 Å². The fraction of sp³-hybridized carbons (Fsp3) is 0.125. The quantitative estimate of drug-likeness (QED) is 0.395. The van der Waals surface area contributed by atoms with Crippen LogP contribution in [-0.4, -0.2) is 23.6 Å². The Kier molecular flexibility index (Phi) is 2.53. The van der Waals surface area contributed by atoms with Crippen molar-refractivity contribution in [1.82, 2.24) is 0 Å². The fourth-order valence-electron chi connectivity index (χ4n) is 0.854. The Bertz CT molecular complexity index is 296. The topological polar surface area (TPSA) is 62.0 Å². The molecule has 1 aromatic carbocycles. The molecule has 1 aromatic rings. The molecule has 0 aliphatic heterocycles. The lowest BCUT2D eigenvalue weighted by Crippen LogP contribution is -1.85. The number of phenols is 1. The number of aromatic hydroxyl groups is 1. The van der Waals surface area contributed by atoms with Crippen LogP contribution in [-0.2, 0) is 0 Å². The zero-order valence-electron chi connectivity index (χ0n) is 6.56. The van der Waals surface area contributed by atoms with Crippen LogP contribution in [0.25, 0.3) is 0 Å². The summed E-state index contributed by atoms with van der Waals surface area (Å²) in [6, 6.07) is 4.70. The number of hydrogen-bond donors (Lipinski definition) is 2. The summed E-state index contributed by atoms with van der Waals surface area (Å²) in [4.78, 5) is 0. The molecule has 0 saturated carbocycles. The van der Waals surface area contributed by atoms with E-state index in [9.17, 15) is 5.11 Å². The predicted octanol–water partition coefficient (Wildman–Crippen LogP) is 1.21. The zero-order chi connectivity index (χ0) is 8.97. The maximum Gasteiger partial charge on any atom is 0.160 e. The first-order valence-corrected chi connectivity index (χ1v) is 3.32. The van der Waals surface area contributed by atoms with Crippen molar-refractivity contribution in [2.45, 2.75) is 0 Å². The molecule has 12 heavy (non-hydrogen) atoms. The van der Waals surface area contributed by atoms with Crippen molar-refractivity contribution >= 4 is 6.21 Å². The van der Waals surface area contributed by atoms with Crippen LogP contribution in [0.3, 0.4) is 0 Å². The molecule has 0 amide bonds. The van der Waals surface area contributed by atoms with E-state index in [4.69, 9.17) is 9.94 Å². The average Bonchev–Trinajstić information content (AvgIpc) is 2.05. The summed E-state index contributed by atoms with van der Waals surface area (Å²) in [7, 11) is 1.47. The molecule has 0 aliphatic rings. The number of nitrogens with zero attached hydrogens (tertiary/aromatic N) is 1. The van der Waals surface area contributed by atoms with Gasteiger partial charge < -0.3 is 15.1 Å². The highest BCUT2D eigenvalue weighted by molar-refractivity contribution is 5.80. The van der Waals surface area contributed by atoms with Gasteiger partial charge in [-0.15, -0.1) is 0 Å². The lowest BCUT2D eigenvalue weighted by Gasteiger charge is -2.02. The van der Waals surface area contributed by atoms with Crippen LogP contribution in [0.4, 0.5) is 0 Å². The van der Waals surface area contributed by atoms with Crippen LogP contribution in [0, 0.1) is 0 Å². The van der Waals surface area contributed by atoms with Gasteiger partial charge in [0.05, 0.1) is 13.3 Å². The fourth-order valence-corrected chi connectivity index (χ4v) is 0.854. The van der Waals surface area contributed by atoms with Crippen LogP contribution >= 0.6 is 0 Å². The average molecular weight is 167 g/mol. The second kappa shape index (κ2) is 3.61. The monoisotopic (exact) mass is 167 g/mol.